The van der Waals surface area contributed by atoms with Gasteiger partial charge in [0.25, 0.3) is 0 Å². The quantitative estimate of drug-likeness (QED) is 0.210. The summed E-state index contributed by atoms with van der Waals surface area (Å²) < 4.78 is 77.6. The van der Waals surface area contributed by atoms with E-state index < -0.39 is 65.5 Å². The first-order chi connectivity index (χ1) is 23.0. The lowest BCUT2D eigenvalue weighted by molar-refractivity contribution is 1.08. The van der Waals surface area contributed by atoms with Gasteiger partial charge in [0.05, 0.1) is 12.3 Å². The van der Waals surface area contributed by atoms with E-state index in [2.05, 4.69) is 20.9 Å². The molecule has 0 saturated carbocycles. The molecule has 7 rings (SSSR count). The van der Waals surface area contributed by atoms with Crippen molar-refractivity contribution in [3.8, 4) is 45.3 Å². The Morgan fingerprint density at radius 2 is 1.13 bits per heavy atom. The molecule has 0 aliphatic rings. The van der Waals surface area contributed by atoms with Gasteiger partial charge in [-0.25, -0.2) is 15.0 Å². The fraction of sp³-hybridized carbons (Fsp3) is 0. The van der Waals surface area contributed by atoms with Crippen LogP contribution in [0.15, 0.2) is 138 Å². The van der Waals surface area contributed by atoms with Gasteiger partial charge in [0.1, 0.15) is 0 Å². The maximum absolute atomic E-state index is 9.02. The van der Waals surface area contributed by atoms with Crippen LogP contribution in [0.3, 0.4) is 0 Å². The van der Waals surface area contributed by atoms with Crippen LogP contribution in [0, 0.1) is 0 Å². The molecule has 4 heteroatoms. The molecule has 0 aliphatic heterocycles. The normalized spacial score (nSPS) is 14.4. The van der Waals surface area contributed by atoms with Crippen molar-refractivity contribution in [1.82, 2.24) is 15.0 Å². The van der Waals surface area contributed by atoms with E-state index in [-0.39, 0.29) is 23.0 Å². The lowest BCUT2D eigenvalue weighted by Crippen LogP contribution is -2.00. The predicted octanol–water partition coefficient (Wildman–Crippen LogP) is 9.61. The van der Waals surface area contributed by atoms with Crippen LogP contribution < -0.4 is 0 Å². The van der Waals surface area contributed by atoms with Crippen LogP contribution in [-0.4, -0.2) is 15.0 Å². The monoisotopic (exact) mass is 572 g/mol. The minimum Gasteiger partial charge on any atom is -0.208 e. The third kappa shape index (κ3) is 4.49. The molecule has 0 bridgehead atoms. The van der Waals surface area contributed by atoms with Gasteiger partial charge in [-0.2, -0.15) is 0 Å². The Hall–Kier alpha value is -4.67. The molecule has 1 heterocycles. The van der Waals surface area contributed by atoms with Gasteiger partial charge < -0.3 is 0 Å². The topological polar surface area (TPSA) is 38.7 Å². The van der Waals surface area contributed by atoms with Gasteiger partial charge >= 0.3 is 0 Å². The van der Waals surface area contributed by atoms with Crippen LogP contribution in [0.4, 0.5) is 0 Å². The van der Waals surface area contributed by atoms with E-state index in [1.807, 2.05) is 78.9 Å². The third-order valence-corrected chi connectivity index (χ3v) is 7.04. The van der Waals surface area contributed by atoms with Gasteiger partial charge in [-0.05, 0) is 44.8 Å². The third-order valence-electron chi connectivity index (χ3n) is 6.35. The van der Waals surface area contributed by atoms with Gasteiger partial charge in [-0.1, -0.05) is 137 Å². The van der Waals surface area contributed by atoms with Gasteiger partial charge in [-0.3, -0.25) is 0 Å². The molecule has 6 aromatic carbocycles. The van der Waals surface area contributed by atoms with Crippen LogP contribution in [-0.2, 0) is 0 Å². The van der Waals surface area contributed by atoms with Crippen molar-refractivity contribution in [3.63, 3.8) is 0 Å². The average Bonchev–Trinajstić information content (AvgIpc) is 3.10. The van der Waals surface area contributed by atoms with Gasteiger partial charge in [0.15, 0.2) is 17.5 Å². The number of benzene rings is 6. The number of hydrogen-bond donors (Lipinski definition) is 0. The second-order valence-corrected chi connectivity index (χ2v) is 9.61. The summed E-state index contributed by atoms with van der Waals surface area (Å²) in [6.07, 6.45) is 0. The zero-order valence-corrected chi connectivity index (χ0v) is 21.8. The zero-order valence-electron chi connectivity index (χ0n) is 29.2. The Kier molecular flexibility index (Phi) is 3.98. The highest BCUT2D eigenvalue weighted by Crippen LogP contribution is 2.33. The Bertz CT molecular complexity index is 2430. The predicted molar refractivity (Wildman–Crippen MR) is 164 cm³/mol. The van der Waals surface area contributed by atoms with Crippen molar-refractivity contribution < 1.29 is 12.3 Å². The molecule has 0 aliphatic carbocycles. The maximum atomic E-state index is 9.02. The first-order valence-corrected chi connectivity index (χ1v) is 12.9. The summed E-state index contributed by atoms with van der Waals surface area (Å²) >= 11 is 3.61. The summed E-state index contributed by atoms with van der Waals surface area (Å²) in [5.74, 6) is 0.387. The van der Waals surface area contributed by atoms with Crippen molar-refractivity contribution in [2.45, 2.75) is 0 Å². The van der Waals surface area contributed by atoms with Crippen LogP contribution in [0.2, 0.25) is 0 Å². The lowest BCUT2D eigenvalue weighted by Gasteiger charge is -2.11. The summed E-state index contributed by atoms with van der Waals surface area (Å²) in [6.45, 7) is 0. The molecule has 3 nitrogen and oxygen atoms in total. The first-order valence-electron chi connectivity index (χ1n) is 16.6. The molecule has 0 radical (unpaired) electrons. The maximum Gasteiger partial charge on any atom is 0.164 e. The average molecular weight is 574 g/mol. The molecule has 0 amide bonds. The number of nitrogens with zero attached hydrogens (tertiary/aromatic N) is 3. The van der Waals surface area contributed by atoms with E-state index in [0.717, 1.165) is 26.0 Å². The van der Waals surface area contributed by atoms with E-state index in [4.69, 9.17) is 22.3 Å². The van der Waals surface area contributed by atoms with Crippen molar-refractivity contribution in [1.29, 1.82) is 0 Å². The highest BCUT2D eigenvalue weighted by atomic mass is 79.9. The van der Waals surface area contributed by atoms with E-state index in [9.17, 15) is 0 Å². The SMILES string of the molecule is [2H]c1c([2H])c([2H])c(-c2c([2H])c([2H])c(-c3nc(-c4ccc5ccccc5c4)nc(-c4cccc5c(Br)cccc45)n3)c([2H])c2[2H])c([2H])c1[2H]. The van der Waals surface area contributed by atoms with Gasteiger partial charge in [0.2, 0.25) is 0 Å². The zero-order chi connectivity index (χ0) is 34.0. The summed E-state index contributed by atoms with van der Waals surface area (Å²) in [4.78, 5) is 14.3. The number of fused-ring (bicyclic) bond motifs is 2. The summed E-state index contributed by atoms with van der Waals surface area (Å²) in [5, 5.41) is 3.71. The van der Waals surface area contributed by atoms with Gasteiger partial charge in [0, 0.05) is 21.2 Å². The highest BCUT2D eigenvalue weighted by molar-refractivity contribution is 9.10. The molecule has 0 fully saturated rings. The van der Waals surface area contributed by atoms with E-state index >= 15 is 0 Å². The van der Waals surface area contributed by atoms with Crippen molar-refractivity contribution in [2.24, 2.45) is 0 Å². The second kappa shape index (κ2) is 9.90. The molecule has 0 atom stereocenters. The second-order valence-electron chi connectivity index (χ2n) is 8.76. The smallest absolute Gasteiger partial charge is 0.164 e. The fourth-order valence-corrected chi connectivity index (χ4v) is 4.95. The van der Waals surface area contributed by atoms with E-state index in [1.165, 1.54) is 0 Å². The number of aromatic nitrogens is 3. The molecule has 184 valence electrons. The Morgan fingerprint density at radius 1 is 0.487 bits per heavy atom. The number of hydrogen-bond acceptors (Lipinski definition) is 3. The fourth-order valence-electron chi connectivity index (χ4n) is 4.46. The Morgan fingerprint density at radius 3 is 1.95 bits per heavy atom. The molecule has 0 spiro atoms. The molecular formula is C35H22BrN3. The van der Waals surface area contributed by atoms with Gasteiger partial charge in [-0.15, -0.1) is 0 Å². The number of rotatable bonds is 4. The van der Waals surface area contributed by atoms with Crippen LogP contribution >= 0.6 is 15.9 Å². The van der Waals surface area contributed by atoms with Crippen molar-refractivity contribution in [3.05, 3.63) is 138 Å². The van der Waals surface area contributed by atoms with Crippen LogP contribution in [0.1, 0.15) is 12.3 Å². The molecule has 1 aromatic heterocycles. The molecule has 0 saturated heterocycles. The Balaban J connectivity index is 1.52. The van der Waals surface area contributed by atoms with Crippen molar-refractivity contribution in [2.75, 3.05) is 0 Å². The molecule has 39 heavy (non-hydrogen) atoms. The van der Waals surface area contributed by atoms with Crippen LogP contribution in [0.5, 0.6) is 0 Å². The Labute approximate surface area is 247 Å². The van der Waals surface area contributed by atoms with E-state index in [1.54, 1.807) is 0 Å². The van der Waals surface area contributed by atoms with E-state index in [0.29, 0.717) is 11.1 Å². The summed E-state index contributed by atoms with van der Waals surface area (Å²) in [6, 6.07) is 19.6. The molecule has 0 unspecified atom stereocenters. The molecule has 7 aromatic rings. The highest BCUT2D eigenvalue weighted by Gasteiger charge is 2.15. The largest absolute Gasteiger partial charge is 0.208 e. The number of halogens is 1. The first kappa shape index (κ1) is 15.7. The molecule has 0 N–H and O–H groups in total. The lowest BCUT2D eigenvalue weighted by atomic mass is 10.0. The summed E-state index contributed by atoms with van der Waals surface area (Å²) in [7, 11) is 0. The minimum atomic E-state index is -0.643. The molecular weight excluding hydrogens is 542 g/mol. The standard InChI is InChI=1S/C35H22BrN3/c36-32-15-7-12-29-30(32)13-6-14-31(29)35-38-33(26-19-16-25(17-20-26)23-8-2-1-3-9-23)37-34(39-35)28-21-18-24-10-4-5-11-27(24)22-28/h1-22H/i1D,2D,3D,8D,9D,16D,17D,19D,20D. The summed E-state index contributed by atoms with van der Waals surface area (Å²) in [5.41, 5.74) is 0.262. The van der Waals surface area contributed by atoms with Crippen LogP contribution in [0.25, 0.3) is 66.8 Å². The minimum absolute atomic E-state index is 0.111. The van der Waals surface area contributed by atoms with Crippen molar-refractivity contribution >= 4 is 37.5 Å².